The Hall–Kier alpha value is -2.41. The maximum atomic E-state index is 11.8. The second-order valence-electron chi connectivity index (χ2n) is 5.58. The van der Waals surface area contributed by atoms with E-state index in [0.717, 1.165) is 24.9 Å². The van der Waals surface area contributed by atoms with Gasteiger partial charge in [-0.15, -0.1) is 0 Å². The van der Waals surface area contributed by atoms with Gasteiger partial charge in [-0.05, 0) is 38.4 Å². The Bertz CT molecular complexity index is 643. The van der Waals surface area contributed by atoms with E-state index in [1.807, 2.05) is 7.05 Å². The molecular formula is C17H23N3O4. The molecule has 7 heteroatoms. The number of carbonyl (C=O) groups excluding carboxylic acids is 1. The number of nitrogens with zero attached hydrogens (tertiary/aromatic N) is 2. The fourth-order valence-corrected chi connectivity index (χ4v) is 2.18. The van der Waals surface area contributed by atoms with Crippen molar-refractivity contribution < 1.29 is 18.7 Å². The molecule has 1 N–H and O–H groups in total. The number of hydrogen-bond acceptors (Lipinski definition) is 7. The predicted molar refractivity (Wildman–Crippen MR) is 88.9 cm³/mol. The molecule has 0 aliphatic carbocycles. The van der Waals surface area contributed by atoms with Gasteiger partial charge in [0.15, 0.2) is 0 Å². The van der Waals surface area contributed by atoms with E-state index in [-0.39, 0.29) is 5.82 Å². The topological polar surface area (TPSA) is 86.5 Å². The lowest BCUT2D eigenvalue weighted by Crippen LogP contribution is -2.15. The van der Waals surface area contributed by atoms with E-state index >= 15 is 0 Å². The molecule has 0 amide bonds. The molecule has 7 nitrogen and oxygen atoms in total. The van der Waals surface area contributed by atoms with Crippen LogP contribution < -0.4 is 10.1 Å². The third kappa shape index (κ3) is 5.06. The lowest BCUT2D eigenvalue weighted by atomic mass is 10.1. The van der Waals surface area contributed by atoms with Crippen LogP contribution in [0.5, 0.6) is 5.88 Å². The zero-order chi connectivity index (χ0) is 17.4. The first-order chi connectivity index (χ1) is 11.6. The SMILES string of the molecule is CNCCC[C@H](C)COc1cc(-c2ccoc2)nc(C(=O)OC)n1. The number of methoxy groups -OCH3 is 1. The van der Waals surface area contributed by atoms with Crippen molar-refractivity contribution in [2.24, 2.45) is 5.92 Å². The summed E-state index contributed by atoms with van der Waals surface area (Å²) in [5.41, 5.74) is 1.30. The molecule has 0 aliphatic heterocycles. The molecule has 2 aromatic rings. The van der Waals surface area contributed by atoms with Gasteiger partial charge >= 0.3 is 5.97 Å². The van der Waals surface area contributed by atoms with Gasteiger partial charge in [0, 0.05) is 11.6 Å². The Kier molecular flexibility index (Phi) is 6.74. The van der Waals surface area contributed by atoms with Gasteiger partial charge in [-0.1, -0.05) is 6.92 Å². The van der Waals surface area contributed by atoms with Crippen LogP contribution >= 0.6 is 0 Å². The Labute approximate surface area is 141 Å². The summed E-state index contributed by atoms with van der Waals surface area (Å²) in [5, 5.41) is 3.12. The van der Waals surface area contributed by atoms with E-state index in [2.05, 4.69) is 22.2 Å². The third-order valence-electron chi connectivity index (χ3n) is 3.53. The molecule has 0 saturated heterocycles. The molecule has 0 radical (unpaired) electrons. The average molecular weight is 333 g/mol. The van der Waals surface area contributed by atoms with Crippen LogP contribution in [0.1, 0.15) is 30.4 Å². The minimum Gasteiger partial charge on any atom is -0.477 e. The van der Waals surface area contributed by atoms with Gasteiger partial charge in [0.1, 0.15) is 0 Å². The highest BCUT2D eigenvalue weighted by Crippen LogP contribution is 2.22. The predicted octanol–water partition coefficient (Wildman–Crippen LogP) is 2.54. The largest absolute Gasteiger partial charge is 0.477 e. The zero-order valence-corrected chi connectivity index (χ0v) is 14.2. The number of rotatable bonds is 9. The summed E-state index contributed by atoms with van der Waals surface area (Å²) in [4.78, 5) is 20.1. The highest BCUT2D eigenvalue weighted by molar-refractivity contribution is 5.85. The molecule has 2 aromatic heterocycles. The first-order valence-electron chi connectivity index (χ1n) is 7.91. The number of furan rings is 1. The molecule has 24 heavy (non-hydrogen) atoms. The van der Waals surface area contributed by atoms with E-state index in [1.54, 1.807) is 24.7 Å². The lowest BCUT2D eigenvalue weighted by Gasteiger charge is -2.13. The van der Waals surface area contributed by atoms with Crippen molar-refractivity contribution in [3.05, 3.63) is 30.5 Å². The number of aromatic nitrogens is 2. The molecule has 2 heterocycles. The molecule has 0 aromatic carbocycles. The Morgan fingerprint density at radius 2 is 2.25 bits per heavy atom. The van der Waals surface area contributed by atoms with E-state index in [0.29, 0.717) is 24.1 Å². The second-order valence-corrected chi connectivity index (χ2v) is 5.58. The van der Waals surface area contributed by atoms with Gasteiger partial charge < -0.3 is 19.2 Å². The molecule has 0 fully saturated rings. The fourth-order valence-electron chi connectivity index (χ4n) is 2.18. The van der Waals surface area contributed by atoms with Crippen LogP contribution in [-0.2, 0) is 4.74 Å². The van der Waals surface area contributed by atoms with E-state index < -0.39 is 5.97 Å². The lowest BCUT2D eigenvalue weighted by molar-refractivity contribution is 0.0585. The Morgan fingerprint density at radius 1 is 1.42 bits per heavy atom. The van der Waals surface area contributed by atoms with Gasteiger partial charge in [0.05, 0.1) is 31.9 Å². The maximum Gasteiger partial charge on any atom is 0.376 e. The van der Waals surface area contributed by atoms with E-state index in [4.69, 9.17) is 13.9 Å². The van der Waals surface area contributed by atoms with Crippen LogP contribution in [0.2, 0.25) is 0 Å². The standard InChI is InChI=1S/C17H23N3O4/c1-12(5-4-7-18-2)10-24-15-9-14(13-6-8-23-11-13)19-16(20-15)17(21)22-3/h6,8-9,11-12,18H,4-5,7,10H2,1-3H3/t12-/m0/s1. The van der Waals surface area contributed by atoms with Crippen LogP contribution in [0, 0.1) is 5.92 Å². The molecular weight excluding hydrogens is 310 g/mol. The summed E-state index contributed by atoms with van der Waals surface area (Å²) in [6, 6.07) is 3.45. The maximum absolute atomic E-state index is 11.8. The summed E-state index contributed by atoms with van der Waals surface area (Å²) in [5.74, 6) is 0.0932. The quantitative estimate of drug-likeness (QED) is 0.557. The normalized spacial score (nSPS) is 12.0. The first-order valence-corrected chi connectivity index (χ1v) is 7.91. The van der Waals surface area contributed by atoms with Crippen molar-refractivity contribution in [2.45, 2.75) is 19.8 Å². The van der Waals surface area contributed by atoms with Crippen molar-refractivity contribution in [1.29, 1.82) is 0 Å². The fraction of sp³-hybridized carbons (Fsp3) is 0.471. The smallest absolute Gasteiger partial charge is 0.376 e. The van der Waals surface area contributed by atoms with Crippen molar-refractivity contribution in [3.8, 4) is 17.1 Å². The molecule has 0 unspecified atom stereocenters. The van der Waals surface area contributed by atoms with Crippen molar-refractivity contribution in [3.63, 3.8) is 0 Å². The highest BCUT2D eigenvalue weighted by Gasteiger charge is 2.15. The van der Waals surface area contributed by atoms with Crippen molar-refractivity contribution in [2.75, 3.05) is 27.3 Å². The van der Waals surface area contributed by atoms with Crippen LogP contribution in [0.3, 0.4) is 0 Å². The molecule has 0 spiro atoms. The summed E-state index contributed by atoms with van der Waals surface area (Å²) < 4.78 is 15.5. The zero-order valence-electron chi connectivity index (χ0n) is 14.2. The van der Waals surface area contributed by atoms with E-state index in [1.165, 1.54) is 7.11 Å². The van der Waals surface area contributed by atoms with Gasteiger partial charge in [0.2, 0.25) is 11.7 Å². The Balaban J connectivity index is 2.10. The van der Waals surface area contributed by atoms with Gasteiger partial charge in [-0.2, -0.15) is 4.98 Å². The number of nitrogens with one attached hydrogen (secondary N) is 1. The Morgan fingerprint density at radius 3 is 2.92 bits per heavy atom. The first kappa shape index (κ1) is 17.9. The van der Waals surface area contributed by atoms with Crippen LogP contribution in [0.15, 0.2) is 29.1 Å². The summed E-state index contributed by atoms with van der Waals surface area (Å²) >= 11 is 0. The van der Waals surface area contributed by atoms with Crippen molar-refractivity contribution in [1.82, 2.24) is 15.3 Å². The van der Waals surface area contributed by atoms with E-state index in [9.17, 15) is 4.79 Å². The van der Waals surface area contributed by atoms with Crippen LogP contribution in [0.4, 0.5) is 0 Å². The number of carbonyl (C=O) groups is 1. The monoisotopic (exact) mass is 333 g/mol. The van der Waals surface area contributed by atoms with Crippen molar-refractivity contribution >= 4 is 5.97 Å². The molecule has 0 bridgehead atoms. The highest BCUT2D eigenvalue weighted by atomic mass is 16.5. The second kappa shape index (κ2) is 9.02. The minimum absolute atomic E-state index is 0.0333. The average Bonchev–Trinajstić information content (AvgIpc) is 3.14. The summed E-state index contributed by atoms with van der Waals surface area (Å²) in [6.45, 7) is 3.62. The number of ether oxygens (including phenoxy) is 2. The van der Waals surface area contributed by atoms with Crippen LogP contribution in [0.25, 0.3) is 11.3 Å². The van der Waals surface area contributed by atoms with Crippen LogP contribution in [-0.4, -0.2) is 43.2 Å². The summed E-state index contributed by atoms with van der Waals surface area (Å²) in [7, 11) is 3.23. The molecule has 0 aliphatic rings. The van der Waals surface area contributed by atoms with Gasteiger partial charge in [-0.25, -0.2) is 9.78 Å². The molecule has 130 valence electrons. The molecule has 1 atom stereocenters. The molecule has 2 rings (SSSR count). The summed E-state index contributed by atoms with van der Waals surface area (Å²) in [6.07, 6.45) is 5.22. The number of hydrogen-bond donors (Lipinski definition) is 1. The third-order valence-corrected chi connectivity index (χ3v) is 3.53. The molecule has 0 saturated carbocycles. The van der Waals surface area contributed by atoms with Gasteiger partial charge in [-0.3, -0.25) is 0 Å². The minimum atomic E-state index is -0.604. The number of esters is 1. The van der Waals surface area contributed by atoms with Gasteiger partial charge in [0.25, 0.3) is 0 Å².